The number of hydrogen-bond acceptors (Lipinski definition) is 4. The molecule has 0 spiro atoms. The van der Waals surface area contributed by atoms with Crippen LogP contribution in [0, 0.1) is 0 Å². The van der Waals surface area contributed by atoms with Crippen LogP contribution in [-0.2, 0) is 29.3 Å². The van der Waals surface area contributed by atoms with Crippen LogP contribution in [0.4, 0.5) is 0 Å². The Morgan fingerprint density at radius 1 is 1.00 bits per heavy atom. The van der Waals surface area contributed by atoms with Crippen molar-refractivity contribution in [3.63, 3.8) is 0 Å². The fraction of sp³-hybridized carbons (Fsp3) is 0.188. The number of fused-ring (bicyclic) bond motifs is 2. The number of carboxylic acids is 1. The smallest absolute Gasteiger partial charge is 0.335 e. The lowest BCUT2D eigenvalue weighted by molar-refractivity contribution is 0.0696. The van der Waals surface area contributed by atoms with E-state index < -0.39 is 15.8 Å². The van der Waals surface area contributed by atoms with Gasteiger partial charge in [-0.1, -0.05) is 18.2 Å². The zero-order valence-electron chi connectivity index (χ0n) is 11.6. The van der Waals surface area contributed by atoms with Gasteiger partial charge in [0.2, 0.25) is 9.84 Å². The van der Waals surface area contributed by atoms with Crippen LogP contribution in [0.15, 0.2) is 46.2 Å². The molecule has 1 aliphatic heterocycles. The summed E-state index contributed by atoms with van der Waals surface area (Å²) in [5.41, 5.74) is 1.88. The van der Waals surface area contributed by atoms with E-state index in [2.05, 4.69) is 0 Å². The minimum atomic E-state index is -3.76. The molecule has 0 aliphatic carbocycles. The Hall–Kier alpha value is -2.18. The molecule has 0 fully saturated rings. The summed E-state index contributed by atoms with van der Waals surface area (Å²) in [6.07, 6.45) is 1.04. The van der Waals surface area contributed by atoms with Crippen LogP contribution in [0.5, 0.6) is 0 Å². The number of benzene rings is 2. The minimum Gasteiger partial charge on any atom is -0.478 e. The molecular formula is C16H14O5S. The maximum Gasteiger partial charge on any atom is 0.335 e. The lowest BCUT2D eigenvalue weighted by atomic mass is 10.0. The van der Waals surface area contributed by atoms with Gasteiger partial charge in [-0.2, -0.15) is 0 Å². The molecule has 0 saturated heterocycles. The first-order chi connectivity index (χ1) is 10.4. The predicted octanol–water partition coefficient (Wildman–Crippen LogP) is 1.81. The van der Waals surface area contributed by atoms with Crippen molar-refractivity contribution >= 4 is 15.8 Å². The molecule has 0 unspecified atom stereocenters. The second-order valence-electron chi connectivity index (χ2n) is 5.23. The molecule has 6 heteroatoms. The van der Waals surface area contributed by atoms with Crippen LogP contribution >= 0.6 is 0 Å². The van der Waals surface area contributed by atoms with Crippen molar-refractivity contribution in [3.05, 3.63) is 58.7 Å². The maximum absolute atomic E-state index is 12.8. The largest absolute Gasteiger partial charge is 0.478 e. The van der Waals surface area contributed by atoms with E-state index in [-0.39, 0.29) is 22.0 Å². The second-order valence-corrected chi connectivity index (χ2v) is 7.12. The van der Waals surface area contributed by atoms with E-state index in [4.69, 9.17) is 5.11 Å². The molecule has 3 rings (SSSR count). The number of carboxylic acid groups (broad SMARTS) is 1. The third kappa shape index (κ3) is 2.30. The standard InChI is InChI=1S/C16H14O5S/c17-9-10-1-6-14-12(7-10)4-2-11-3-5-13(16(18)19)8-15(11)22(14,20)21/h1,3,5-8,17H,2,4,9H2,(H,18,19). The molecule has 0 radical (unpaired) electrons. The predicted molar refractivity (Wildman–Crippen MR) is 78.6 cm³/mol. The highest BCUT2D eigenvalue weighted by molar-refractivity contribution is 7.91. The van der Waals surface area contributed by atoms with E-state index in [0.717, 1.165) is 0 Å². The molecular weight excluding hydrogens is 304 g/mol. The Labute approximate surface area is 127 Å². The summed E-state index contributed by atoms with van der Waals surface area (Å²) in [5, 5.41) is 18.3. The van der Waals surface area contributed by atoms with Gasteiger partial charge in [0.05, 0.1) is 22.0 Å². The van der Waals surface area contributed by atoms with Gasteiger partial charge in [-0.25, -0.2) is 13.2 Å². The monoisotopic (exact) mass is 318 g/mol. The van der Waals surface area contributed by atoms with Crippen molar-refractivity contribution in [2.45, 2.75) is 29.2 Å². The first-order valence-corrected chi connectivity index (χ1v) is 8.26. The average molecular weight is 318 g/mol. The Bertz CT molecular complexity index is 868. The normalized spacial score (nSPS) is 15.5. The van der Waals surface area contributed by atoms with E-state index in [1.165, 1.54) is 18.2 Å². The highest BCUT2D eigenvalue weighted by Gasteiger charge is 2.28. The van der Waals surface area contributed by atoms with E-state index in [0.29, 0.717) is 29.5 Å². The van der Waals surface area contributed by atoms with E-state index in [1.807, 2.05) is 0 Å². The van der Waals surface area contributed by atoms with Gasteiger partial charge in [-0.15, -0.1) is 0 Å². The summed E-state index contributed by atoms with van der Waals surface area (Å²) in [7, 11) is -3.76. The highest BCUT2D eigenvalue weighted by Crippen LogP contribution is 2.33. The fourth-order valence-corrected chi connectivity index (χ4v) is 4.51. The molecule has 0 aromatic heterocycles. The summed E-state index contributed by atoms with van der Waals surface area (Å²) in [5.74, 6) is -1.15. The summed E-state index contributed by atoms with van der Waals surface area (Å²) in [4.78, 5) is 11.3. The molecule has 1 heterocycles. The van der Waals surface area contributed by atoms with Crippen LogP contribution in [0.25, 0.3) is 0 Å². The number of aliphatic hydroxyl groups excluding tert-OH is 1. The molecule has 0 saturated carbocycles. The zero-order chi connectivity index (χ0) is 15.9. The molecule has 22 heavy (non-hydrogen) atoms. The Kier molecular flexibility index (Phi) is 3.50. The average Bonchev–Trinajstić information content (AvgIpc) is 2.62. The Balaban J connectivity index is 2.25. The van der Waals surface area contributed by atoms with Gasteiger partial charge < -0.3 is 10.2 Å². The lowest BCUT2D eigenvalue weighted by Crippen LogP contribution is -2.07. The Morgan fingerprint density at radius 2 is 1.73 bits per heavy atom. The summed E-state index contributed by atoms with van der Waals surface area (Å²) in [6, 6.07) is 8.96. The zero-order valence-corrected chi connectivity index (χ0v) is 12.4. The van der Waals surface area contributed by atoms with E-state index in [9.17, 15) is 18.3 Å². The van der Waals surface area contributed by atoms with Gasteiger partial charge in [0.25, 0.3) is 0 Å². The van der Waals surface area contributed by atoms with Crippen molar-refractivity contribution in [3.8, 4) is 0 Å². The molecule has 5 nitrogen and oxygen atoms in total. The molecule has 0 bridgehead atoms. The molecule has 0 atom stereocenters. The third-order valence-corrected chi connectivity index (χ3v) is 5.80. The van der Waals surface area contributed by atoms with Crippen LogP contribution < -0.4 is 0 Å². The van der Waals surface area contributed by atoms with Gasteiger partial charge in [0.1, 0.15) is 0 Å². The number of hydrogen-bond donors (Lipinski definition) is 2. The summed E-state index contributed by atoms with van der Waals surface area (Å²) >= 11 is 0. The number of aromatic carboxylic acids is 1. The van der Waals surface area contributed by atoms with Crippen molar-refractivity contribution in [2.24, 2.45) is 0 Å². The number of aliphatic hydroxyl groups is 1. The topological polar surface area (TPSA) is 91.7 Å². The highest BCUT2D eigenvalue weighted by atomic mass is 32.2. The maximum atomic E-state index is 12.8. The molecule has 0 amide bonds. The number of sulfone groups is 1. The van der Waals surface area contributed by atoms with Crippen molar-refractivity contribution < 1.29 is 23.4 Å². The minimum absolute atomic E-state index is 0.0437. The molecule has 1 aliphatic rings. The van der Waals surface area contributed by atoms with Gasteiger partial charge in [-0.05, 0) is 47.7 Å². The number of aryl methyl sites for hydroxylation is 2. The van der Waals surface area contributed by atoms with Crippen molar-refractivity contribution in [1.29, 1.82) is 0 Å². The van der Waals surface area contributed by atoms with Crippen LogP contribution in [0.3, 0.4) is 0 Å². The second kappa shape index (κ2) is 5.23. The van der Waals surface area contributed by atoms with Crippen LogP contribution in [0.1, 0.15) is 27.0 Å². The number of carbonyl (C=O) groups is 1. The van der Waals surface area contributed by atoms with E-state index in [1.54, 1.807) is 18.2 Å². The quantitative estimate of drug-likeness (QED) is 0.881. The Morgan fingerprint density at radius 3 is 2.41 bits per heavy atom. The van der Waals surface area contributed by atoms with Crippen molar-refractivity contribution in [1.82, 2.24) is 0 Å². The summed E-state index contributed by atoms with van der Waals surface area (Å²) in [6.45, 7) is -0.149. The third-order valence-electron chi connectivity index (χ3n) is 3.86. The van der Waals surface area contributed by atoms with Crippen molar-refractivity contribution in [2.75, 3.05) is 0 Å². The van der Waals surface area contributed by atoms with E-state index >= 15 is 0 Å². The molecule has 114 valence electrons. The molecule has 2 N–H and O–H groups in total. The van der Waals surface area contributed by atoms with Crippen LogP contribution in [0.2, 0.25) is 0 Å². The summed E-state index contributed by atoms with van der Waals surface area (Å²) < 4.78 is 25.7. The molecule has 2 aromatic carbocycles. The van der Waals surface area contributed by atoms with Gasteiger partial charge >= 0.3 is 5.97 Å². The van der Waals surface area contributed by atoms with Gasteiger partial charge in [0, 0.05) is 0 Å². The van der Waals surface area contributed by atoms with Crippen LogP contribution in [-0.4, -0.2) is 24.6 Å². The van der Waals surface area contributed by atoms with Gasteiger partial charge in [0.15, 0.2) is 0 Å². The SMILES string of the molecule is O=C(O)c1ccc2c(c1)S(=O)(=O)c1ccc(CO)cc1CC2. The first-order valence-electron chi connectivity index (χ1n) is 6.77. The number of rotatable bonds is 2. The fourth-order valence-electron chi connectivity index (χ4n) is 2.72. The molecule has 2 aromatic rings. The van der Waals surface area contributed by atoms with Gasteiger partial charge in [-0.3, -0.25) is 0 Å². The lowest BCUT2D eigenvalue weighted by Gasteiger charge is -2.09. The first kappa shape index (κ1) is 14.7.